The maximum atomic E-state index is 10.1. The minimum atomic E-state index is -0.468. The fourth-order valence-corrected chi connectivity index (χ4v) is 3.79. The van der Waals surface area contributed by atoms with Crippen LogP contribution in [0.4, 0.5) is 5.69 Å². The summed E-state index contributed by atoms with van der Waals surface area (Å²) < 4.78 is 6.17. The highest BCUT2D eigenvalue weighted by Gasteiger charge is 2.39. The molecule has 2 aliphatic heterocycles. The van der Waals surface area contributed by atoms with Crippen molar-refractivity contribution in [1.82, 2.24) is 4.90 Å². The molecule has 0 amide bonds. The number of aryl methyl sites for hydroxylation is 1. The van der Waals surface area contributed by atoms with Gasteiger partial charge in [-0.1, -0.05) is 37.3 Å². The van der Waals surface area contributed by atoms with Gasteiger partial charge in [-0.05, 0) is 36.6 Å². The van der Waals surface area contributed by atoms with Crippen LogP contribution in [0.15, 0.2) is 42.5 Å². The van der Waals surface area contributed by atoms with Crippen molar-refractivity contribution < 1.29 is 9.84 Å². The van der Waals surface area contributed by atoms with Crippen LogP contribution in [0.25, 0.3) is 0 Å². The van der Waals surface area contributed by atoms with Crippen molar-refractivity contribution in [3.05, 3.63) is 59.7 Å². The van der Waals surface area contributed by atoms with Crippen LogP contribution < -0.4 is 9.64 Å². The van der Waals surface area contributed by atoms with Crippen molar-refractivity contribution in [3.63, 3.8) is 0 Å². The number of para-hydroxylation sites is 1. The number of β-amino-alcohol motifs (C(OH)–C–C–N with tert-alkyl or cyclic N) is 1. The lowest BCUT2D eigenvalue weighted by molar-refractivity contribution is -0.103. The largest absolute Gasteiger partial charge is 0.486 e. The van der Waals surface area contributed by atoms with Crippen LogP contribution >= 0.6 is 0 Å². The minimum absolute atomic E-state index is 0.239. The van der Waals surface area contributed by atoms with E-state index < -0.39 is 5.60 Å². The molecule has 0 spiro atoms. The fourth-order valence-electron chi connectivity index (χ4n) is 3.79. The molecule has 1 radical (unpaired) electrons. The first-order valence-electron chi connectivity index (χ1n) is 9.47. The lowest BCUT2D eigenvalue weighted by Crippen LogP contribution is -2.60. The molecule has 1 N–H and O–H groups in total. The van der Waals surface area contributed by atoms with E-state index in [2.05, 4.69) is 47.1 Å². The molecule has 2 aromatic rings. The first-order chi connectivity index (χ1) is 12.5. The van der Waals surface area contributed by atoms with E-state index in [9.17, 15) is 5.11 Å². The van der Waals surface area contributed by atoms with Crippen LogP contribution in [0.3, 0.4) is 0 Å². The van der Waals surface area contributed by atoms with Gasteiger partial charge in [0.05, 0.1) is 18.7 Å². The second-order valence-corrected chi connectivity index (χ2v) is 7.72. The van der Waals surface area contributed by atoms with Gasteiger partial charge in [-0.2, -0.15) is 0 Å². The maximum absolute atomic E-state index is 10.1. The van der Waals surface area contributed by atoms with Crippen molar-refractivity contribution in [1.29, 1.82) is 0 Å². The van der Waals surface area contributed by atoms with E-state index in [0.29, 0.717) is 0 Å². The molecule has 0 unspecified atom stereocenters. The average molecular weight is 351 g/mol. The summed E-state index contributed by atoms with van der Waals surface area (Å²) in [7, 11) is 0. The van der Waals surface area contributed by atoms with Gasteiger partial charge in [0, 0.05) is 31.4 Å². The van der Waals surface area contributed by atoms with Gasteiger partial charge in [-0.3, -0.25) is 4.90 Å². The normalized spacial score (nSPS) is 19.7. The molecule has 137 valence electrons. The molecule has 4 rings (SSSR count). The topological polar surface area (TPSA) is 35.9 Å². The fraction of sp³-hybridized carbons (Fsp3) is 0.455. The second-order valence-electron chi connectivity index (χ2n) is 7.72. The number of ether oxygens (including phenoxy) is 1. The average Bonchev–Trinajstić information content (AvgIpc) is 2.58. The number of aliphatic hydroxyl groups is 1. The van der Waals surface area contributed by atoms with E-state index in [1.54, 1.807) is 0 Å². The monoisotopic (exact) mass is 351 g/mol. The highest BCUT2D eigenvalue weighted by atomic mass is 16.5. The molecular formula is C22H27N2O2. The first kappa shape index (κ1) is 17.4. The van der Waals surface area contributed by atoms with Crippen molar-refractivity contribution in [2.24, 2.45) is 0 Å². The van der Waals surface area contributed by atoms with Crippen molar-refractivity contribution in [2.45, 2.75) is 38.5 Å². The van der Waals surface area contributed by atoms with Gasteiger partial charge in [0.15, 0.2) is 0 Å². The van der Waals surface area contributed by atoms with Gasteiger partial charge in [0.2, 0.25) is 0 Å². The molecule has 2 aliphatic rings. The molecule has 4 nitrogen and oxygen atoms in total. The third-order valence-corrected chi connectivity index (χ3v) is 5.51. The number of likely N-dealkylation sites (tertiary alicyclic amines) is 1. The van der Waals surface area contributed by atoms with E-state index >= 15 is 0 Å². The highest BCUT2D eigenvalue weighted by Crippen LogP contribution is 2.29. The Hall–Kier alpha value is -2.04. The summed E-state index contributed by atoms with van der Waals surface area (Å²) in [4.78, 5) is 4.58. The van der Waals surface area contributed by atoms with E-state index in [0.717, 1.165) is 50.6 Å². The summed E-state index contributed by atoms with van der Waals surface area (Å²) >= 11 is 0. The predicted octanol–water partition coefficient (Wildman–Crippen LogP) is 3.02. The lowest BCUT2D eigenvalue weighted by atomic mass is 9.91. The number of hydrogen-bond donors (Lipinski definition) is 1. The second kappa shape index (κ2) is 6.93. The molecule has 0 saturated carbocycles. The molecular weight excluding hydrogens is 324 g/mol. The van der Waals surface area contributed by atoms with Crippen molar-refractivity contribution >= 4 is 5.69 Å². The summed E-state index contributed by atoms with van der Waals surface area (Å²) in [6.07, 6.45) is 1.07. The van der Waals surface area contributed by atoms with Gasteiger partial charge >= 0.3 is 0 Å². The zero-order valence-electron chi connectivity index (χ0n) is 15.6. The summed E-state index contributed by atoms with van der Waals surface area (Å²) in [5.74, 6) is 0.976. The molecule has 0 bridgehead atoms. The Morgan fingerprint density at radius 2 is 2.04 bits per heavy atom. The van der Waals surface area contributed by atoms with Crippen LogP contribution in [0.5, 0.6) is 5.75 Å². The molecule has 0 atom stereocenters. The number of rotatable bonds is 6. The standard InChI is InChI=1S/C22H27N2O2/c1-3-22(25)15-23(16-22)12-18-9-10-21(17(2)11-18)26-20-13-24(14-20)19-7-5-4-6-8-19/h4-7,9-11,20,25H,3,12-16H2,1-2H3. The summed E-state index contributed by atoms with van der Waals surface area (Å²) in [6.45, 7) is 8.41. The Morgan fingerprint density at radius 3 is 2.69 bits per heavy atom. The molecule has 0 aliphatic carbocycles. The van der Waals surface area contributed by atoms with Crippen LogP contribution in [0.2, 0.25) is 0 Å². The minimum Gasteiger partial charge on any atom is -0.486 e. The summed E-state index contributed by atoms with van der Waals surface area (Å²) in [6, 6.07) is 17.8. The first-order valence-corrected chi connectivity index (χ1v) is 9.47. The molecule has 26 heavy (non-hydrogen) atoms. The Balaban J connectivity index is 1.29. The summed E-state index contributed by atoms with van der Waals surface area (Å²) in [5, 5.41) is 10.1. The van der Waals surface area contributed by atoms with Gasteiger partial charge in [-0.25, -0.2) is 0 Å². The predicted molar refractivity (Wildman–Crippen MR) is 104 cm³/mol. The smallest absolute Gasteiger partial charge is 0.133 e. The molecule has 4 heteroatoms. The van der Waals surface area contributed by atoms with Crippen LogP contribution in [0, 0.1) is 13.0 Å². The molecule has 2 heterocycles. The van der Waals surface area contributed by atoms with Gasteiger partial charge in [0.1, 0.15) is 11.9 Å². The SMILES string of the molecule is CCC1(O)CN(Cc2ccc(OC3CN(c4[c]cccc4)C3)c(C)c2)C1. The Kier molecular flexibility index (Phi) is 4.63. The summed E-state index contributed by atoms with van der Waals surface area (Å²) in [5.41, 5.74) is 3.13. The number of hydrogen-bond acceptors (Lipinski definition) is 4. The van der Waals surface area contributed by atoms with Crippen molar-refractivity contribution in [3.8, 4) is 5.75 Å². The third-order valence-electron chi connectivity index (χ3n) is 5.51. The third kappa shape index (κ3) is 3.57. The van der Waals surface area contributed by atoms with E-state index in [1.807, 2.05) is 25.1 Å². The van der Waals surface area contributed by atoms with E-state index in [4.69, 9.17) is 4.74 Å². The highest BCUT2D eigenvalue weighted by molar-refractivity contribution is 5.48. The zero-order chi connectivity index (χ0) is 18.1. The van der Waals surface area contributed by atoms with Crippen LogP contribution in [-0.4, -0.2) is 47.9 Å². The van der Waals surface area contributed by atoms with E-state index in [1.165, 1.54) is 11.1 Å². The Labute approximate surface area is 156 Å². The van der Waals surface area contributed by atoms with Gasteiger partial charge in [0.25, 0.3) is 0 Å². The zero-order valence-corrected chi connectivity index (χ0v) is 15.6. The molecule has 2 fully saturated rings. The Bertz CT molecular complexity index is 750. The van der Waals surface area contributed by atoms with E-state index in [-0.39, 0.29) is 6.10 Å². The van der Waals surface area contributed by atoms with Crippen LogP contribution in [0.1, 0.15) is 24.5 Å². The maximum Gasteiger partial charge on any atom is 0.133 e. The van der Waals surface area contributed by atoms with Crippen molar-refractivity contribution in [2.75, 3.05) is 31.1 Å². The van der Waals surface area contributed by atoms with Crippen LogP contribution in [-0.2, 0) is 6.54 Å². The lowest BCUT2D eigenvalue weighted by Gasteiger charge is -2.46. The molecule has 0 aromatic heterocycles. The van der Waals surface area contributed by atoms with Gasteiger partial charge < -0.3 is 14.7 Å². The number of anilines is 1. The quantitative estimate of drug-likeness (QED) is 0.868. The molecule has 2 saturated heterocycles. The Morgan fingerprint density at radius 1 is 1.23 bits per heavy atom. The number of nitrogens with zero attached hydrogens (tertiary/aromatic N) is 2. The van der Waals surface area contributed by atoms with Gasteiger partial charge in [-0.15, -0.1) is 0 Å². The number of benzene rings is 2. The molecule has 2 aromatic carbocycles.